The Labute approximate surface area is 171 Å². The molecule has 0 unspecified atom stereocenters. The van der Waals surface area contributed by atoms with Crippen LogP contribution in [0.4, 0.5) is 0 Å². The molecule has 1 aliphatic rings. The number of methoxy groups -OCH3 is 1. The second kappa shape index (κ2) is 9.28. The lowest BCUT2D eigenvalue weighted by Gasteiger charge is -2.18. The van der Waals surface area contributed by atoms with Crippen molar-refractivity contribution in [3.05, 3.63) is 53.6 Å². The van der Waals surface area contributed by atoms with Crippen molar-refractivity contribution in [2.45, 2.75) is 24.7 Å². The summed E-state index contributed by atoms with van der Waals surface area (Å²) in [5.41, 5.74) is 1.14. The van der Waals surface area contributed by atoms with Crippen molar-refractivity contribution in [3.8, 4) is 11.5 Å². The summed E-state index contributed by atoms with van der Waals surface area (Å²) >= 11 is 0. The Hall–Kier alpha value is -2.58. The quantitative estimate of drug-likeness (QED) is 0.483. The summed E-state index contributed by atoms with van der Waals surface area (Å²) in [4.78, 5) is 12.4. The van der Waals surface area contributed by atoms with Crippen LogP contribution in [0.15, 0.2) is 47.4 Å². The molecule has 0 atom stereocenters. The third-order valence-electron chi connectivity index (χ3n) is 4.75. The van der Waals surface area contributed by atoms with Crippen LogP contribution in [-0.4, -0.2) is 52.1 Å². The molecule has 0 N–H and O–H groups in total. The molecule has 0 saturated carbocycles. The van der Waals surface area contributed by atoms with Gasteiger partial charge in [0.05, 0.1) is 12.7 Å². The molecule has 1 fully saturated rings. The highest BCUT2D eigenvalue weighted by Gasteiger charge is 2.30. The molecule has 1 saturated heterocycles. The number of aryl methyl sites for hydroxylation is 1. The summed E-state index contributed by atoms with van der Waals surface area (Å²) < 4.78 is 43.3. The van der Waals surface area contributed by atoms with E-state index in [-0.39, 0.29) is 29.4 Å². The monoisotopic (exact) mass is 419 g/mol. The number of nitrogens with zero attached hydrogens (tertiary/aromatic N) is 1. The molecular formula is C21H25NO6S. The third kappa shape index (κ3) is 4.89. The molecule has 3 rings (SSSR count). The number of ether oxygens (including phenoxy) is 3. The van der Waals surface area contributed by atoms with Crippen LogP contribution in [0.5, 0.6) is 11.5 Å². The van der Waals surface area contributed by atoms with Crippen molar-refractivity contribution in [3.63, 3.8) is 0 Å². The van der Waals surface area contributed by atoms with Crippen LogP contribution in [0.3, 0.4) is 0 Å². The molecule has 2 aromatic carbocycles. The first kappa shape index (κ1) is 21.1. The van der Waals surface area contributed by atoms with Crippen molar-refractivity contribution in [2.75, 3.05) is 33.4 Å². The molecule has 0 aromatic heterocycles. The predicted octanol–water partition coefficient (Wildman–Crippen LogP) is 3.02. The Morgan fingerprint density at radius 3 is 2.45 bits per heavy atom. The zero-order chi connectivity index (χ0) is 20.9. The maximum absolute atomic E-state index is 12.9. The van der Waals surface area contributed by atoms with E-state index in [1.807, 2.05) is 31.2 Å². The van der Waals surface area contributed by atoms with Crippen molar-refractivity contribution >= 4 is 16.0 Å². The van der Waals surface area contributed by atoms with Crippen molar-refractivity contribution in [1.82, 2.24) is 4.31 Å². The van der Waals surface area contributed by atoms with Crippen LogP contribution in [-0.2, 0) is 14.8 Å². The molecule has 0 aliphatic carbocycles. The number of rotatable bonds is 8. The highest BCUT2D eigenvalue weighted by atomic mass is 32.2. The maximum Gasteiger partial charge on any atom is 0.338 e. The fourth-order valence-electron chi connectivity index (χ4n) is 3.16. The van der Waals surface area contributed by atoms with Gasteiger partial charge in [-0.05, 0) is 49.6 Å². The van der Waals surface area contributed by atoms with Gasteiger partial charge in [-0.3, -0.25) is 0 Å². The van der Waals surface area contributed by atoms with Crippen molar-refractivity contribution in [2.24, 2.45) is 0 Å². The lowest BCUT2D eigenvalue weighted by molar-refractivity contribution is 0.0450. The molecule has 1 aliphatic heterocycles. The molecule has 0 amide bonds. The van der Waals surface area contributed by atoms with Gasteiger partial charge < -0.3 is 14.2 Å². The molecule has 156 valence electrons. The lowest BCUT2D eigenvalue weighted by atomic mass is 10.2. The Bertz CT molecular complexity index is 967. The molecule has 7 nitrogen and oxygen atoms in total. The number of hydrogen-bond acceptors (Lipinski definition) is 6. The van der Waals surface area contributed by atoms with E-state index >= 15 is 0 Å². The van der Waals surface area contributed by atoms with Gasteiger partial charge in [-0.1, -0.05) is 18.2 Å². The zero-order valence-electron chi connectivity index (χ0n) is 16.6. The van der Waals surface area contributed by atoms with Gasteiger partial charge >= 0.3 is 5.97 Å². The van der Waals surface area contributed by atoms with Crippen LogP contribution < -0.4 is 9.47 Å². The average Bonchev–Trinajstić information content (AvgIpc) is 3.27. The highest BCUT2D eigenvalue weighted by Crippen LogP contribution is 2.30. The van der Waals surface area contributed by atoms with Crippen LogP contribution in [0.1, 0.15) is 28.8 Å². The summed E-state index contributed by atoms with van der Waals surface area (Å²) in [6, 6.07) is 11.8. The number of para-hydroxylation sites is 1. The Morgan fingerprint density at radius 1 is 1.03 bits per heavy atom. The van der Waals surface area contributed by atoms with Crippen LogP contribution in [0.2, 0.25) is 0 Å². The minimum atomic E-state index is -3.73. The molecule has 0 radical (unpaired) electrons. The summed E-state index contributed by atoms with van der Waals surface area (Å²) in [7, 11) is -2.33. The van der Waals surface area contributed by atoms with Gasteiger partial charge in [-0.25, -0.2) is 13.2 Å². The number of sulfonamides is 1. The molecule has 1 heterocycles. The first-order valence-corrected chi connectivity index (χ1v) is 10.9. The second-order valence-electron chi connectivity index (χ2n) is 6.73. The van der Waals surface area contributed by atoms with Gasteiger partial charge in [-0.2, -0.15) is 4.31 Å². The van der Waals surface area contributed by atoms with E-state index in [0.717, 1.165) is 24.2 Å². The molecule has 0 spiro atoms. The van der Waals surface area contributed by atoms with E-state index in [9.17, 15) is 13.2 Å². The number of hydrogen-bond donors (Lipinski definition) is 0. The normalized spacial score (nSPS) is 14.6. The molecule has 0 bridgehead atoms. The van der Waals surface area contributed by atoms with E-state index in [1.54, 1.807) is 0 Å². The minimum absolute atomic E-state index is 0.0208. The number of esters is 1. The SMILES string of the molecule is COc1ccc(C(=O)OCCOc2ccccc2C)cc1S(=O)(=O)N1CCCC1. The van der Waals surface area contributed by atoms with E-state index < -0.39 is 16.0 Å². The Morgan fingerprint density at radius 2 is 1.76 bits per heavy atom. The summed E-state index contributed by atoms with van der Waals surface area (Å²) in [5, 5.41) is 0. The smallest absolute Gasteiger partial charge is 0.338 e. The van der Waals surface area contributed by atoms with E-state index in [1.165, 1.54) is 29.6 Å². The molecule has 29 heavy (non-hydrogen) atoms. The zero-order valence-corrected chi connectivity index (χ0v) is 17.4. The number of carbonyl (C=O) groups excluding carboxylic acids is 1. The van der Waals surface area contributed by atoms with Crippen molar-refractivity contribution in [1.29, 1.82) is 0 Å². The largest absolute Gasteiger partial charge is 0.495 e. The standard InChI is InChI=1S/C21H25NO6S/c1-16-7-3-4-8-18(16)27-13-14-28-21(23)17-9-10-19(26-2)20(15-17)29(24,25)22-11-5-6-12-22/h3-4,7-10,15H,5-6,11-14H2,1-2H3. The van der Waals surface area contributed by atoms with Crippen LogP contribution in [0.25, 0.3) is 0 Å². The highest BCUT2D eigenvalue weighted by molar-refractivity contribution is 7.89. The molecule has 8 heteroatoms. The second-order valence-corrected chi connectivity index (χ2v) is 8.63. The third-order valence-corrected chi connectivity index (χ3v) is 6.67. The molecular weight excluding hydrogens is 394 g/mol. The van der Waals surface area contributed by atoms with Crippen LogP contribution >= 0.6 is 0 Å². The first-order chi connectivity index (χ1) is 13.9. The van der Waals surface area contributed by atoms with E-state index in [2.05, 4.69) is 0 Å². The Balaban J connectivity index is 1.67. The fourth-order valence-corrected chi connectivity index (χ4v) is 4.86. The summed E-state index contributed by atoms with van der Waals surface area (Å²) in [6.45, 7) is 3.12. The number of carbonyl (C=O) groups is 1. The van der Waals surface area contributed by atoms with Crippen molar-refractivity contribution < 1.29 is 27.4 Å². The van der Waals surface area contributed by atoms with Gasteiger partial charge in [0.25, 0.3) is 0 Å². The van der Waals surface area contributed by atoms with Gasteiger partial charge in [-0.15, -0.1) is 0 Å². The summed E-state index contributed by atoms with van der Waals surface area (Å²) in [5.74, 6) is 0.322. The maximum atomic E-state index is 12.9. The van der Waals surface area contributed by atoms with Crippen LogP contribution in [0, 0.1) is 6.92 Å². The predicted molar refractivity (Wildman–Crippen MR) is 108 cm³/mol. The summed E-state index contributed by atoms with van der Waals surface area (Å²) in [6.07, 6.45) is 1.65. The molecule has 2 aromatic rings. The van der Waals surface area contributed by atoms with Gasteiger partial charge in [0.15, 0.2) is 0 Å². The van der Waals surface area contributed by atoms with Gasteiger partial charge in [0.2, 0.25) is 10.0 Å². The van der Waals surface area contributed by atoms with E-state index in [4.69, 9.17) is 14.2 Å². The topological polar surface area (TPSA) is 82.1 Å². The Kier molecular flexibility index (Phi) is 6.76. The van der Waals surface area contributed by atoms with E-state index in [0.29, 0.717) is 13.1 Å². The lowest BCUT2D eigenvalue weighted by Crippen LogP contribution is -2.28. The van der Waals surface area contributed by atoms with Gasteiger partial charge in [0.1, 0.15) is 29.6 Å². The first-order valence-electron chi connectivity index (χ1n) is 9.47. The minimum Gasteiger partial charge on any atom is -0.495 e. The average molecular weight is 419 g/mol. The fraction of sp³-hybridized carbons (Fsp3) is 0.381. The number of benzene rings is 2. The van der Waals surface area contributed by atoms with Gasteiger partial charge in [0, 0.05) is 13.1 Å².